The zero-order valence-electron chi connectivity index (χ0n) is 16.2. The van der Waals surface area contributed by atoms with Crippen molar-refractivity contribution in [2.75, 3.05) is 6.61 Å². The third-order valence-corrected chi connectivity index (χ3v) is 3.69. The van der Waals surface area contributed by atoms with Gasteiger partial charge in [-0.1, -0.05) is 77.9 Å². The van der Waals surface area contributed by atoms with Gasteiger partial charge in [0.2, 0.25) is 0 Å². The Kier molecular flexibility index (Phi) is 23.9. The second kappa shape index (κ2) is 20.2. The second-order valence-corrected chi connectivity index (χ2v) is 7.08. The Morgan fingerprint density at radius 1 is 1.00 bits per heavy atom. The molecular weight excluding hydrogens is 351 g/mol. The zero-order valence-corrected chi connectivity index (χ0v) is 19.0. The number of carbonyl (C=O) groups is 1. The van der Waals surface area contributed by atoms with Crippen LogP contribution in [0.5, 0.6) is 0 Å². The van der Waals surface area contributed by atoms with E-state index in [-0.39, 0.29) is 35.5 Å². The molecule has 0 radical (unpaired) electrons. The van der Waals surface area contributed by atoms with Crippen LogP contribution in [-0.2, 0) is 19.6 Å². The molecule has 0 atom stereocenters. The minimum atomic E-state index is -4.15. The molecule has 0 bridgehead atoms. The van der Waals surface area contributed by atoms with E-state index in [1.165, 1.54) is 57.8 Å². The molecule has 25 heavy (non-hydrogen) atoms. The van der Waals surface area contributed by atoms with E-state index in [2.05, 4.69) is 20.1 Å². The molecule has 0 amide bonds. The molecule has 0 aromatic heterocycles. The molecule has 0 aliphatic rings. The van der Waals surface area contributed by atoms with Gasteiger partial charge in [0.25, 0.3) is 0 Å². The van der Waals surface area contributed by atoms with Crippen molar-refractivity contribution >= 4 is 16.1 Å². The van der Waals surface area contributed by atoms with Gasteiger partial charge in [-0.05, 0) is 13.3 Å². The van der Waals surface area contributed by atoms with Crippen LogP contribution in [0.2, 0.25) is 0 Å². The average Bonchev–Trinajstić information content (AvgIpc) is 2.52. The Hall–Kier alpha value is -0.140. The second-order valence-electron chi connectivity index (χ2n) is 5.76. The summed E-state index contributed by atoms with van der Waals surface area (Å²) in [6.07, 6.45) is 13.0. The number of esters is 1. The van der Waals surface area contributed by atoms with Gasteiger partial charge in [0.1, 0.15) is 10.1 Å². The monoisotopic (exact) mass is 384 g/mol. The van der Waals surface area contributed by atoms with Crippen LogP contribution in [0, 0.1) is 0 Å². The van der Waals surface area contributed by atoms with Crippen molar-refractivity contribution in [3.8, 4) is 0 Å². The molecule has 0 spiro atoms. The van der Waals surface area contributed by atoms with Crippen LogP contribution in [0.4, 0.5) is 0 Å². The van der Waals surface area contributed by atoms with Crippen LogP contribution >= 0.6 is 0 Å². The van der Waals surface area contributed by atoms with Gasteiger partial charge in [0.05, 0.1) is 6.61 Å². The predicted molar refractivity (Wildman–Crippen MR) is 97.5 cm³/mol. The number of ether oxygens (including phenoxy) is 1. The summed E-state index contributed by atoms with van der Waals surface area (Å²) < 4.78 is 33.0. The first-order chi connectivity index (χ1) is 11.2. The van der Waals surface area contributed by atoms with E-state index in [4.69, 9.17) is 4.74 Å². The maximum absolute atomic E-state index is 11.1. The van der Waals surface area contributed by atoms with Crippen LogP contribution < -0.4 is 29.6 Å². The average molecular weight is 385 g/mol. The van der Waals surface area contributed by atoms with Gasteiger partial charge in [-0.3, -0.25) is 0 Å². The van der Waals surface area contributed by atoms with Crippen molar-refractivity contribution in [2.45, 2.75) is 78.1 Å². The third-order valence-electron chi connectivity index (χ3n) is 3.28. The van der Waals surface area contributed by atoms with Crippen molar-refractivity contribution in [3.63, 3.8) is 0 Å². The van der Waals surface area contributed by atoms with E-state index in [1.54, 1.807) is 6.92 Å². The smallest absolute Gasteiger partial charge is 0.745 e. The quantitative estimate of drug-likeness (QED) is 0.159. The van der Waals surface area contributed by atoms with Gasteiger partial charge < -0.3 is 9.29 Å². The molecule has 0 heterocycles. The summed E-state index contributed by atoms with van der Waals surface area (Å²) in [7, 11) is -4.15. The molecule has 0 aromatic rings. The molecule has 7 heteroatoms. The van der Waals surface area contributed by atoms with Crippen molar-refractivity contribution in [2.24, 2.45) is 0 Å². The number of hydrogen-bond acceptors (Lipinski definition) is 5. The molecule has 5 nitrogen and oxygen atoms in total. The van der Waals surface area contributed by atoms with Crippen LogP contribution in [-0.4, -0.2) is 25.5 Å². The van der Waals surface area contributed by atoms with E-state index < -0.39 is 10.1 Å². The van der Waals surface area contributed by atoms with Gasteiger partial charge in [-0.25, -0.2) is 13.2 Å². The maximum Gasteiger partial charge on any atom is 1.00 e. The van der Waals surface area contributed by atoms with E-state index in [0.717, 1.165) is 6.42 Å². The Morgan fingerprint density at radius 3 is 1.68 bits per heavy atom. The molecular formula is C18H33NaO5S. The molecule has 0 fully saturated rings. The molecule has 142 valence electrons. The number of hydrogen-bond donors (Lipinski definition) is 0. The normalized spacial score (nSPS) is 10.0. The summed E-state index contributed by atoms with van der Waals surface area (Å²) in [5.41, 5.74) is 0.488. The third kappa shape index (κ3) is 28.9. The first-order valence-corrected chi connectivity index (χ1v) is 10.1. The molecule has 0 rings (SSSR count). The van der Waals surface area contributed by atoms with Crippen molar-refractivity contribution in [3.05, 3.63) is 24.1 Å². The summed E-state index contributed by atoms with van der Waals surface area (Å²) in [4.78, 5) is 11.1. The summed E-state index contributed by atoms with van der Waals surface area (Å²) in [6.45, 7) is 10.8. The fourth-order valence-electron chi connectivity index (χ4n) is 1.88. The fourth-order valence-corrected chi connectivity index (χ4v) is 1.88. The van der Waals surface area contributed by atoms with Crippen LogP contribution in [0.3, 0.4) is 0 Å². The topological polar surface area (TPSA) is 83.5 Å². The maximum atomic E-state index is 11.1. The van der Waals surface area contributed by atoms with Crippen molar-refractivity contribution in [1.29, 1.82) is 0 Å². The van der Waals surface area contributed by atoms with E-state index in [1.807, 2.05) is 0 Å². The van der Waals surface area contributed by atoms with Crippen molar-refractivity contribution in [1.82, 2.24) is 0 Å². The molecule has 0 saturated heterocycles. The standard InChI is InChI=1S/C16H30O2.C2H4O3S.Na/c1-4-5-6-7-8-9-10-11-12-13-14-18-16(17)15(2)3;1-2-6(3,4)5;/h2,4-14H2,1,3H3;2H,1H2,(H,3,4,5);/q;;+1/p-1. The van der Waals surface area contributed by atoms with Crippen LogP contribution in [0.15, 0.2) is 24.1 Å². The molecule has 0 aliphatic heterocycles. The minimum Gasteiger partial charge on any atom is -0.745 e. The first-order valence-electron chi connectivity index (χ1n) is 8.65. The van der Waals surface area contributed by atoms with Gasteiger partial charge in [-0.2, -0.15) is 0 Å². The summed E-state index contributed by atoms with van der Waals surface area (Å²) in [5.74, 6) is -0.258. The summed E-state index contributed by atoms with van der Waals surface area (Å²) in [5, 5.41) is 0.354. The molecule has 0 aliphatic carbocycles. The molecule has 0 N–H and O–H groups in total. The predicted octanol–water partition coefficient (Wildman–Crippen LogP) is 1.71. The number of carbonyl (C=O) groups excluding carboxylic acids is 1. The van der Waals surface area contributed by atoms with Crippen LogP contribution in [0.25, 0.3) is 0 Å². The van der Waals surface area contributed by atoms with Crippen LogP contribution in [0.1, 0.15) is 78.1 Å². The zero-order chi connectivity index (χ0) is 18.8. The molecule has 0 aromatic carbocycles. The SMILES string of the molecule is C=C(C)C(=O)OCCCCCCCCCCCC.C=CS(=O)(=O)[O-].[Na+]. The Labute approximate surface area is 176 Å². The largest absolute Gasteiger partial charge is 1.00 e. The Balaban J connectivity index is -0.000000592. The Morgan fingerprint density at radius 2 is 1.36 bits per heavy atom. The van der Waals surface area contributed by atoms with Crippen molar-refractivity contribution < 1.29 is 52.1 Å². The van der Waals surface area contributed by atoms with E-state index >= 15 is 0 Å². The minimum absolute atomic E-state index is 0. The summed E-state index contributed by atoms with van der Waals surface area (Å²) >= 11 is 0. The van der Waals surface area contributed by atoms with Gasteiger partial charge in [0, 0.05) is 11.0 Å². The van der Waals surface area contributed by atoms with Gasteiger partial charge in [-0.15, -0.1) is 0 Å². The van der Waals surface area contributed by atoms with Gasteiger partial charge in [0.15, 0.2) is 0 Å². The van der Waals surface area contributed by atoms with E-state index in [0.29, 0.717) is 17.6 Å². The first kappa shape index (κ1) is 29.6. The fraction of sp³-hybridized carbons (Fsp3) is 0.722. The molecule has 0 unspecified atom stereocenters. The molecule has 0 saturated carbocycles. The Bertz CT molecular complexity index is 435. The number of unbranched alkanes of at least 4 members (excludes halogenated alkanes) is 9. The van der Waals surface area contributed by atoms with Gasteiger partial charge >= 0.3 is 35.5 Å². The van der Waals surface area contributed by atoms with E-state index in [9.17, 15) is 17.8 Å². The number of rotatable bonds is 13. The summed E-state index contributed by atoms with van der Waals surface area (Å²) in [6, 6.07) is 0.